The van der Waals surface area contributed by atoms with Crippen molar-refractivity contribution < 1.29 is 4.74 Å². The molecule has 1 heterocycles. The van der Waals surface area contributed by atoms with Crippen LogP contribution in [0.15, 0.2) is 37.2 Å². The molecule has 1 aromatic carbocycles. The first-order valence-corrected chi connectivity index (χ1v) is 8.38. The monoisotopic (exact) mass is 328 g/mol. The summed E-state index contributed by atoms with van der Waals surface area (Å²) >= 11 is 0. The Kier molecular flexibility index (Phi) is 7.03. The molecule has 24 heavy (non-hydrogen) atoms. The smallest absolute Gasteiger partial charge is 0.131 e. The maximum atomic E-state index is 6.05. The molecule has 0 bridgehead atoms. The first-order chi connectivity index (χ1) is 11.6. The number of allylic oxidation sites excluding steroid dienone is 1. The zero-order valence-corrected chi connectivity index (χ0v) is 14.7. The first kappa shape index (κ1) is 18.2. The first-order valence-electron chi connectivity index (χ1n) is 8.38. The molecule has 0 saturated carbocycles. The summed E-state index contributed by atoms with van der Waals surface area (Å²) < 4.78 is 7.58. The molecule has 0 amide bonds. The SMILES string of the molecule is C=C(C)c1ncn(CCCCOCNCc2ccc(C)cc2)c1N. The number of unbranched alkanes of at least 4 members (excludes halogenated alkanes) is 1. The number of nitrogens with zero attached hydrogens (tertiary/aromatic N) is 2. The van der Waals surface area contributed by atoms with Crippen LogP contribution in [0, 0.1) is 6.92 Å². The van der Waals surface area contributed by atoms with Gasteiger partial charge in [-0.15, -0.1) is 0 Å². The molecule has 0 aliphatic rings. The molecular formula is C19H28N4O. The van der Waals surface area contributed by atoms with Crippen molar-refractivity contribution >= 4 is 11.4 Å². The van der Waals surface area contributed by atoms with E-state index in [0.29, 0.717) is 12.5 Å². The fraction of sp³-hybridized carbons (Fsp3) is 0.421. The number of benzene rings is 1. The summed E-state index contributed by atoms with van der Waals surface area (Å²) in [5.41, 5.74) is 10.3. The van der Waals surface area contributed by atoms with Crippen LogP contribution in [0.25, 0.3) is 5.57 Å². The van der Waals surface area contributed by atoms with Crippen molar-refractivity contribution in [1.82, 2.24) is 14.9 Å². The Morgan fingerprint density at radius 3 is 2.71 bits per heavy atom. The molecule has 0 unspecified atom stereocenters. The van der Waals surface area contributed by atoms with Gasteiger partial charge in [-0.05, 0) is 37.8 Å². The Labute approximate surface area is 144 Å². The van der Waals surface area contributed by atoms with Gasteiger partial charge in [-0.3, -0.25) is 5.32 Å². The van der Waals surface area contributed by atoms with Crippen LogP contribution in [0.3, 0.4) is 0 Å². The van der Waals surface area contributed by atoms with E-state index in [-0.39, 0.29) is 0 Å². The second-order valence-corrected chi connectivity index (χ2v) is 6.12. The molecule has 0 aliphatic heterocycles. The minimum atomic E-state index is 0.570. The number of nitrogen functional groups attached to an aromatic ring is 1. The highest BCUT2D eigenvalue weighted by Gasteiger charge is 2.07. The number of anilines is 1. The highest BCUT2D eigenvalue weighted by Crippen LogP contribution is 2.18. The lowest BCUT2D eigenvalue weighted by Crippen LogP contribution is -2.18. The van der Waals surface area contributed by atoms with Crippen LogP contribution < -0.4 is 11.1 Å². The molecule has 5 nitrogen and oxygen atoms in total. The number of aromatic nitrogens is 2. The van der Waals surface area contributed by atoms with Gasteiger partial charge in [0.15, 0.2) is 0 Å². The molecule has 0 radical (unpaired) electrons. The van der Waals surface area contributed by atoms with Crippen LogP contribution in [-0.4, -0.2) is 22.9 Å². The van der Waals surface area contributed by atoms with Crippen molar-refractivity contribution in [2.45, 2.75) is 39.8 Å². The fourth-order valence-electron chi connectivity index (χ4n) is 2.43. The third kappa shape index (κ3) is 5.51. The molecule has 0 atom stereocenters. The van der Waals surface area contributed by atoms with Crippen LogP contribution >= 0.6 is 0 Å². The van der Waals surface area contributed by atoms with Crippen LogP contribution in [-0.2, 0) is 17.8 Å². The summed E-state index contributed by atoms with van der Waals surface area (Å²) in [6, 6.07) is 8.52. The second kappa shape index (κ2) is 9.25. The van der Waals surface area contributed by atoms with Crippen molar-refractivity contribution in [1.29, 1.82) is 0 Å². The molecule has 0 saturated heterocycles. The molecule has 5 heteroatoms. The van der Waals surface area contributed by atoms with Gasteiger partial charge in [-0.1, -0.05) is 36.4 Å². The van der Waals surface area contributed by atoms with Gasteiger partial charge >= 0.3 is 0 Å². The lowest BCUT2D eigenvalue weighted by molar-refractivity contribution is 0.111. The summed E-state index contributed by atoms with van der Waals surface area (Å²) in [5, 5.41) is 3.29. The molecule has 2 aromatic rings. The highest BCUT2D eigenvalue weighted by atomic mass is 16.5. The van der Waals surface area contributed by atoms with E-state index < -0.39 is 0 Å². The zero-order chi connectivity index (χ0) is 17.4. The largest absolute Gasteiger partial charge is 0.383 e. The van der Waals surface area contributed by atoms with Crippen molar-refractivity contribution in [3.8, 4) is 0 Å². The Morgan fingerprint density at radius 2 is 2.04 bits per heavy atom. The number of nitrogens with one attached hydrogen (secondary N) is 1. The van der Waals surface area contributed by atoms with E-state index in [1.807, 2.05) is 11.5 Å². The van der Waals surface area contributed by atoms with E-state index in [0.717, 1.165) is 43.8 Å². The number of ether oxygens (including phenoxy) is 1. The average Bonchev–Trinajstić information content (AvgIpc) is 2.93. The van der Waals surface area contributed by atoms with Gasteiger partial charge in [0.1, 0.15) is 11.5 Å². The van der Waals surface area contributed by atoms with Crippen LogP contribution in [0.1, 0.15) is 36.6 Å². The maximum Gasteiger partial charge on any atom is 0.131 e. The summed E-state index contributed by atoms with van der Waals surface area (Å²) in [6.45, 7) is 10.9. The summed E-state index contributed by atoms with van der Waals surface area (Å²) in [7, 11) is 0. The van der Waals surface area contributed by atoms with Crippen molar-refractivity contribution in [2.24, 2.45) is 0 Å². The quantitative estimate of drug-likeness (QED) is 0.518. The summed E-state index contributed by atoms with van der Waals surface area (Å²) in [6.07, 6.45) is 3.78. The third-order valence-corrected chi connectivity index (χ3v) is 3.87. The predicted octanol–water partition coefficient (Wildman–Crippen LogP) is 3.35. The van der Waals surface area contributed by atoms with E-state index in [4.69, 9.17) is 10.5 Å². The Morgan fingerprint density at radius 1 is 1.29 bits per heavy atom. The molecule has 0 aliphatic carbocycles. The van der Waals surface area contributed by atoms with Gasteiger partial charge in [-0.2, -0.15) is 0 Å². The average molecular weight is 328 g/mol. The Hall–Kier alpha value is -2.11. The second-order valence-electron chi connectivity index (χ2n) is 6.12. The fourth-order valence-corrected chi connectivity index (χ4v) is 2.43. The zero-order valence-electron chi connectivity index (χ0n) is 14.7. The van der Waals surface area contributed by atoms with Gasteiger partial charge < -0.3 is 15.0 Å². The third-order valence-electron chi connectivity index (χ3n) is 3.87. The van der Waals surface area contributed by atoms with Crippen molar-refractivity contribution in [3.05, 3.63) is 54.0 Å². The molecular weight excluding hydrogens is 300 g/mol. The molecule has 1 aromatic heterocycles. The number of aryl methyl sites for hydroxylation is 2. The predicted molar refractivity (Wildman–Crippen MR) is 99.4 cm³/mol. The van der Waals surface area contributed by atoms with Crippen LogP contribution in [0.4, 0.5) is 5.82 Å². The number of rotatable bonds is 10. The van der Waals surface area contributed by atoms with Gasteiger partial charge in [0.05, 0.1) is 13.1 Å². The normalized spacial score (nSPS) is 10.9. The lowest BCUT2D eigenvalue weighted by atomic mass is 10.1. The van der Waals surface area contributed by atoms with E-state index >= 15 is 0 Å². The minimum absolute atomic E-state index is 0.570. The van der Waals surface area contributed by atoms with E-state index in [2.05, 4.69) is 48.1 Å². The molecule has 0 spiro atoms. The molecule has 130 valence electrons. The van der Waals surface area contributed by atoms with Gasteiger partial charge in [-0.25, -0.2) is 4.98 Å². The van der Waals surface area contributed by atoms with Crippen LogP contribution in [0.2, 0.25) is 0 Å². The summed E-state index contributed by atoms with van der Waals surface area (Å²) in [4.78, 5) is 4.29. The van der Waals surface area contributed by atoms with Gasteiger partial charge in [0.25, 0.3) is 0 Å². The maximum absolute atomic E-state index is 6.05. The lowest BCUT2D eigenvalue weighted by Gasteiger charge is -2.08. The van der Waals surface area contributed by atoms with Crippen molar-refractivity contribution in [3.63, 3.8) is 0 Å². The topological polar surface area (TPSA) is 65.1 Å². The number of hydrogen-bond acceptors (Lipinski definition) is 4. The highest BCUT2D eigenvalue weighted by molar-refractivity contribution is 5.67. The Balaban J connectivity index is 1.54. The number of hydrogen-bond donors (Lipinski definition) is 2. The van der Waals surface area contributed by atoms with Gasteiger partial charge in [0.2, 0.25) is 0 Å². The molecule has 3 N–H and O–H groups in total. The molecule has 0 fully saturated rings. The van der Waals surface area contributed by atoms with E-state index in [1.54, 1.807) is 6.33 Å². The van der Waals surface area contributed by atoms with Gasteiger partial charge in [0, 0.05) is 19.7 Å². The standard InChI is InChI=1S/C19H28N4O/c1-15(2)18-19(20)23(13-22-18)10-4-5-11-24-14-21-12-17-8-6-16(3)7-9-17/h6-9,13,21H,1,4-5,10-12,14,20H2,2-3H3. The van der Waals surface area contributed by atoms with Crippen molar-refractivity contribution in [2.75, 3.05) is 19.1 Å². The number of nitrogens with two attached hydrogens (primary N) is 1. The summed E-state index contributed by atoms with van der Waals surface area (Å²) in [5.74, 6) is 0.697. The van der Waals surface area contributed by atoms with E-state index in [9.17, 15) is 0 Å². The number of imidazole rings is 1. The molecule has 2 rings (SSSR count). The Bertz CT molecular complexity index is 646. The minimum Gasteiger partial charge on any atom is -0.383 e. The van der Waals surface area contributed by atoms with E-state index in [1.165, 1.54) is 11.1 Å². The van der Waals surface area contributed by atoms with Crippen LogP contribution in [0.5, 0.6) is 0 Å².